The summed E-state index contributed by atoms with van der Waals surface area (Å²) in [5, 5.41) is 0. The van der Waals surface area contributed by atoms with E-state index >= 15 is 0 Å². The van der Waals surface area contributed by atoms with Gasteiger partial charge in [-0.15, -0.1) is 0 Å². The van der Waals surface area contributed by atoms with Gasteiger partial charge in [-0.2, -0.15) is 0 Å². The highest BCUT2D eigenvalue weighted by atomic mass is 16.5. The molecular formula is C32H36O4. The number of benzene rings is 3. The Bertz CT molecular complexity index is 1250. The van der Waals surface area contributed by atoms with Gasteiger partial charge in [-0.3, -0.25) is 0 Å². The average molecular weight is 485 g/mol. The summed E-state index contributed by atoms with van der Waals surface area (Å²) < 4.78 is 10.6. The first-order chi connectivity index (χ1) is 17.2. The second-order valence-electron chi connectivity index (χ2n) is 10.3. The van der Waals surface area contributed by atoms with Crippen molar-refractivity contribution in [1.29, 1.82) is 0 Å². The molecule has 0 aromatic heterocycles. The zero-order valence-electron chi connectivity index (χ0n) is 22.3. The molecular weight excluding hydrogens is 448 g/mol. The van der Waals surface area contributed by atoms with Crippen LogP contribution in [0.1, 0.15) is 91.8 Å². The molecule has 4 nitrogen and oxygen atoms in total. The van der Waals surface area contributed by atoms with Crippen LogP contribution in [0.15, 0.2) is 48.5 Å². The fraction of sp³-hybridized carbons (Fsp3) is 0.375. The van der Waals surface area contributed by atoms with Crippen LogP contribution >= 0.6 is 0 Å². The first-order valence-corrected chi connectivity index (χ1v) is 12.8. The van der Waals surface area contributed by atoms with Gasteiger partial charge in [0.05, 0.1) is 18.2 Å². The number of methoxy groups -OCH3 is 1. The second-order valence-corrected chi connectivity index (χ2v) is 10.3. The van der Waals surface area contributed by atoms with Crippen molar-refractivity contribution >= 4 is 11.9 Å². The summed E-state index contributed by atoms with van der Waals surface area (Å²) >= 11 is 0. The lowest BCUT2D eigenvalue weighted by molar-refractivity contribution is 0.0599. The third-order valence-corrected chi connectivity index (χ3v) is 7.94. The monoisotopic (exact) mass is 484 g/mol. The normalized spacial score (nSPS) is 14.8. The van der Waals surface area contributed by atoms with Crippen molar-refractivity contribution in [2.24, 2.45) is 0 Å². The molecule has 0 saturated heterocycles. The summed E-state index contributed by atoms with van der Waals surface area (Å²) in [6, 6.07) is 15.5. The summed E-state index contributed by atoms with van der Waals surface area (Å²) in [6.45, 7) is 10.6. The third-order valence-electron chi connectivity index (χ3n) is 7.94. The SMILES string of the molecule is COC(=O)c1ccc(C(=O)Oc2c(C)cc(C3(c4cc(C)c(C)c(C)c4)CCCCC3)cc2C)cc1. The molecule has 0 radical (unpaired) electrons. The predicted octanol–water partition coefficient (Wildman–Crippen LogP) is 7.48. The molecule has 0 N–H and O–H groups in total. The fourth-order valence-corrected chi connectivity index (χ4v) is 5.61. The Labute approximate surface area is 214 Å². The van der Waals surface area contributed by atoms with Gasteiger partial charge in [0.2, 0.25) is 0 Å². The van der Waals surface area contributed by atoms with Crippen molar-refractivity contribution in [3.05, 3.63) is 98.6 Å². The molecule has 0 bridgehead atoms. The highest BCUT2D eigenvalue weighted by Gasteiger charge is 2.37. The molecule has 1 saturated carbocycles. The van der Waals surface area contributed by atoms with Crippen LogP contribution in [0, 0.1) is 34.6 Å². The van der Waals surface area contributed by atoms with E-state index in [1.54, 1.807) is 24.3 Å². The minimum absolute atomic E-state index is 0.0246. The zero-order valence-corrected chi connectivity index (χ0v) is 22.3. The van der Waals surface area contributed by atoms with Crippen molar-refractivity contribution in [1.82, 2.24) is 0 Å². The lowest BCUT2D eigenvalue weighted by Crippen LogP contribution is -2.31. The molecule has 0 amide bonds. The number of ether oxygens (including phenoxy) is 2. The van der Waals surface area contributed by atoms with E-state index in [0.717, 1.165) is 24.0 Å². The Balaban J connectivity index is 1.68. The summed E-state index contributed by atoms with van der Waals surface area (Å²) in [5.41, 5.74) is 9.41. The zero-order chi connectivity index (χ0) is 26.0. The molecule has 3 aromatic rings. The van der Waals surface area contributed by atoms with Crippen LogP contribution in [0.3, 0.4) is 0 Å². The Hall–Kier alpha value is -3.40. The van der Waals surface area contributed by atoms with Gasteiger partial charge in [-0.05, 0) is 111 Å². The van der Waals surface area contributed by atoms with Crippen LogP contribution in [0.2, 0.25) is 0 Å². The van der Waals surface area contributed by atoms with Crippen LogP contribution in [-0.4, -0.2) is 19.0 Å². The topological polar surface area (TPSA) is 52.6 Å². The number of hydrogen-bond acceptors (Lipinski definition) is 4. The number of hydrogen-bond donors (Lipinski definition) is 0. The lowest BCUT2D eigenvalue weighted by Gasteiger charge is -2.40. The summed E-state index contributed by atoms with van der Waals surface area (Å²) in [5.74, 6) is -0.279. The molecule has 1 fully saturated rings. The van der Waals surface area contributed by atoms with E-state index in [1.807, 2.05) is 13.8 Å². The van der Waals surface area contributed by atoms with Gasteiger partial charge in [0.1, 0.15) is 5.75 Å². The Morgan fingerprint density at radius 3 is 1.58 bits per heavy atom. The largest absolute Gasteiger partial charge is 0.465 e. The Morgan fingerprint density at radius 1 is 0.667 bits per heavy atom. The molecule has 4 rings (SSSR count). The molecule has 0 spiro atoms. The summed E-state index contributed by atoms with van der Waals surface area (Å²) in [7, 11) is 1.33. The summed E-state index contributed by atoms with van der Waals surface area (Å²) in [4.78, 5) is 24.6. The van der Waals surface area contributed by atoms with Crippen molar-refractivity contribution in [2.75, 3.05) is 7.11 Å². The minimum atomic E-state index is -0.442. The van der Waals surface area contributed by atoms with Gasteiger partial charge in [0.25, 0.3) is 0 Å². The van der Waals surface area contributed by atoms with Crippen LogP contribution in [0.5, 0.6) is 5.75 Å². The van der Waals surface area contributed by atoms with Gasteiger partial charge in [0, 0.05) is 5.41 Å². The number of carbonyl (C=O) groups excluding carboxylic acids is 2. The van der Waals surface area contributed by atoms with E-state index in [4.69, 9.17) is 9.47 Å². The second kappa shape index (κ2) is 10.3. The Morgan fingerprint density at radius 2 is 1.11 bits per heavy atom. The molecule has 1 aliphatic carbocycles. The molecule has 36 heavy (non-hydrogen) atoms. The fourth-order valence-electron chi connectivity index (χ4n) is 5.61. The van der Waals surface area contributed by atoms with Crippen molar-refractivity contribution in [3.63, 3.8) is 0 Å². The highest BCUT2D eigenvalue weighted by molar-refractivity contribution is 5.94. The van der Waals surface area contributed by atoms with Gasteiger partial charge in [-0.1, -0.05) is 43.5 Å². The quantitative estimate of drug-likeness (QED) is 0.278. The third kappa shape index (κ3) is 4.82. The molecule has 188 valence electrons. The molecule has 1 aliphatic rings. The van der Waals surface area contributed by atoms with Crippen molar-refractivity contribution < 1.29 is 19.1 Å². The van der Waals surface area contributed by atoms with Gasteiger partial charge >= 0.3 is 11.9 Å². The van der Waals surface area contributed by atoms with Crippen LogP contribution in [0.4, 0.5) is 0 Å². The van der Waals surface area contributed by atoms with Gasteiger partial charge < -0.3 is 9.47 Å². The van der Waals surface area contributed by atoms with Crippen molar-refractivity contribution in [2.45, 2.75) is 72.1 Å². The van der Waals surface area contributed by atoms with Gasteiger partial charge in [-0.25, -0.2) is 9.59 Å². The lowest BCUT2D eigenvalue weighted by atomic mass is 9.64. The Kier molecular flexibility index (Phi) is 7.35. The van der Waals surface area contributed by atoms with Crippen LogP contribution < -0.4 is 4.74 Å². The van der Waals surface area contributed by atoms with E-state index < -0.39 is 11.9 Å². The number of carbonyl (C=O) groups is 2. The van der Waals surface area contributed by atoms with Crippen LogP contribution in [0.25, 0.3) is 0 Å². The minimum Gasteiger partial charge on any atom is -0.465 e. The standard InChI is InChI=1S/C32H36O4/c1-20-16-27(17-21(2)24(20)5)32(14-8-7-9-15-32)28-18-22(3)29(23(4)19-28)36-31(34)26-12-10-25(11-13-26)30(33)35-6/h10-13,16-19H,7-9,14-15H2,1-6H3. The molecule has 0 unspecified atom stereocenters. The van der Waals surface area contributed by atoms with E-state index in [1.165, 1.54) is 54.2 Å². The highest BCUT2D eigenvalue weighted by Crippen LogP contribution is 2.47. The maximum Gasteiger partial charge on any atom is 0.343 e. The molecule has 4 heteroatoms. The number of esters is 2. The smallest absolute Gasteiger partial charge is 0.343 e. The molecule has 0 atom stereocenters. The van der Waals surface area contributed by atoms with Gasteiger partial charge in [0.15, 0.2) is 0 Å². The maximum atomic E-state index is 12.9. The van der Waals surface area contributed by atoms with Crippen LogP contribution in [-0.2, 0) is 10.2 Å². The average Bonchev–Trinajstić information content (AvgIpc) is 2.88. The maximum absolute atomic E-state index is 12.9. The van der Waals surface area contributed by atoms with E-state index in [2.05, 4.69) is 45.0 Å². The molecule has 0 aliphatic heterocycles. The van der Waals surface area contributed by atoms with E-state index in [-0.39, 0.29) is 5.41 Å². The van der Waals surface area contributed by atoms with E-state index in [0.29, 0.717) is 16.9 Å². The van der Waals surface area contributed by atoms with Crippen molar-refractivity contribution in [3.8, 4) is 5.75 Å². The first kappa shape index (κ1) is 25.7. The summed E-state index contributed by atoms with van der Waals surface area (Å²) in [6.07, 6.45) is 5.94. The number of aryl methyl sites for hydroxylation is 4. The predicted molar refractivity (Wildman–Crippen MR) is 143 cm³/mol. The van der Waals surface area contributed by atoms with E-state index in [9.17, 15) is 9.59 Å². The molecule has 0 heterocycles. The molecule has 3 aromatic carbocycles. The number of rotatable bonds is 5. The first-order valence-electron chi connectivity index (χ1n) is 12.8.